The van der Waals surface area contributed by atoms with Gasteiger partial charge in [0.15, 0.2) is 0 Å². The van der Waals surface area contributed by atoms with Crippen LogP contribution in [0.3, 0.4) is 0 Å². The lowest BCUT2D eigenvalue weighted by atomic mass is 9.91. The topological polar surface area (TPSA) is 28.7 Å². The third-order valence-corrected chi connectivity index (χ3v) is 3.72. The summed E-state index contributed by atoms with van der Waals surface area (Å²) in [4.78, 5) is 0. The Morgan fingerprint density at radius 2 is 2.17 bits per heavy atom. The van der Waals surface area contributed by atoms with Crippen LogP contribution in [0.5, 0.6) is 0 Å². The first kappa shape index (κ1) is 11.8. The SMILES string of the molecule is FC1(F)CCc2[nH]nc(-c3cccc(Br)c3)c2C1. The summed E-state index contributed by atoms with van der Waals surface area (Å²) < 4.78 is 27.9. The highest BCUT2D eigenvalue weighted by Crippen LogP contribution is 2.37. The van der Waals surface area contributed by atoms with Crippen LogP contribution >= 0.6 is 15.9 Å². The Kier molecular flexibility index (Phi) is 2.73. The van der Waals surface area contributed by atoms with Gasteiger partial charge in [0, 0.05) is 34.1 Å². The number of aromatic nitrogens is 2. The van der Waals surface area contributed by atoms with Gasteiger partial charge in [-0.05, 0) is 18.6 Å². The molecule has 1 aliphatic rings. The Labute approximate surface area is 112 Å². The van der Waals surface area contributed by atoms with Crippen LogP contribution in [0.25, 0.3) is 11.3 Å². The highest BCUT2D eigenvalue weighted by Gasteiger charge is 2.36. The van der Waals surface area contributed by atoms with Crippen LogP contribution < -0.4 is 0 Å². The monoisotopic (exact) mass is 312 g/mol. The van der Waals surface area contributed by atoms with Gasteiger partial charge in [-0.2, -0.15) is 5.10 Å². The molecular weight excluding hydrogens is 302 g/mol. The van der Waals surface area contributed by atoms with Gasteiger partial charge < -0.3 is 0 Å². The van der Waals surface area contributed by atoms with Crippen LogP contribution in [0.4, 0.5) is 8.78 Å². The van der Waals surface area contributed by atoms with Gasteiger partial charge in [0.05, 0.1) is 5.69 Å². The maximum Gasteiger partial charge on any atom is 0.252 e. The van der Waals surface area contributed by atoms with Crippen LogP contribution in [0.1, 0.15) is 17.7 Å². The molecular formula is C13H11BrF2N2. The number of benzene rings is 1. The van der Waals surface area contributed by atoms with E-state index in [1.807, 2.05) is 24.3 Å². The van der Waals surface area contributed by atoms with E-state index in [-0.39, 0.29) is 12.8 Å². The van der Waals surface area contributed by atoms with Crippen molar-refractivity contribution >= 4 is 15.9 Å². The van der Waals surface area contributed by atoms with Gasteiger partial charge in [0.2, 0.25) is 0 Å². The number of fused-ring (bicyclic) bond motifs is 1. The minimum Gasteiger partial charge on any atom is -0.282 e. The fraction of sp³-hybridized carbons (Fsp3) is 0.308. The quantitative estimate of drug-likeness (QED) is 0.848. The number of hydrogen-bond acceptors (Lipinski definition) is 1. The molecule has 5 heteroatoms. The lowest BCUT2D eigenvalue weighted by molar-refractivity contribution is -0.0123. The van der Waals surface area contributed by atoms with Crippen molar-refractivity contribution in [2.24, 2.45) is 0 Å². The number of H-pyrrole nitrogens is 1. The first-order valence-electron chi connectivity index (χ1n) is 5.75. The van der Waals surface area contributed by atoms with Crippen LogP contribution in [-0.2, 0) is 12.8 Å². The molecule has 0 saturated carbocycles. The first-order chi connectivity index (χ1) is 8.55. The fourth-order valence-corrected chi connectivity index (χ4v) is 2.73. The van der Waals surface area contributed by atoms with Gasteiger partial charge in [-0.25, -0.2) is 8.78 Å². The summed E-state index contributed by atoms with van der Waals surface area (Å²) in [5.74, 6) is -2.61. The molecule has 0 aliphatic heterocycles. The molecule has 1 aromatic heterocycles. The third kappa shape index (κ3) is 2.07. The van der Waals surface area contributed by atoms with Crippen molar-refractivity contribution in [3.05, 3.63) is 40.0 Å². The van der Waals surface area contributed by atoms with Gasteiger partial charge in [-0.15, -0.1) is 0 Å². The minimum absolute atomic E-state index is 0.0971. The second-order valence-electron chi connectivity index (χ2n) is 4.57. The molecule has 2 aromatic rings. The van der Waals surface area contributed by atoms with Crippen LogP contribution in [0, 0.1) is 0 Å². The summed E-state index contributed by atoms with van der Waals surface area (Å²) in [5, 5.41) is 7.08. The summed E-state index contributed by atoms with van der Waals surface area (Å²) in [5.41, 5.74) is 3.01. The van der Waals surface area contributed by atoms with Crippen molar-refractivity contribution in [2.75, 3.05) is 0 Å². The molecule has 1 aromatic carbocycles. The maximum atomic E-state index is 13.5. The molecule has 0 radical (unpaired) electrons. The number of aromatic amines is 1. The highest BCUT2D eigenvalue weighted by atomic mass is 79.9. The summed E-state index contributed by atoms with van der Waals surface area (Å²) in [6.45, 7) is 0. The zero-order valence-corrected chi connectivity index (χ0v) is 11.1. The molecule has 1 N–H and O–H groups in total. The number of halogens is 3. The Bertz CT molecular complexity index is 592. The summed E-state index contributed by atoms with van der Waals surface area (Å²) in [6, 6.07) is 7.55. The zero-order chi connectivity index (χ0) is 12.8. The van der Waals surface area contributed by atoms with Gasteiger partial charge in [0.25, 0.3) is 5.92 Å². The largest absolute Gasteiger partial charge is 0.282 e. The molecule has 1 aliphatic carbocycles. The predicted molar refractivity (Wildman–Crippen MR) is 68.7 cm³/mol. The van der Waals surface area contributed by atoms with Crippen molar-refractivity contribution in [3.63, 3.8) is 0 Å². The van der Waals surface area contributed by atoms with Crippen molar-refractivity contribution in [2.45, 2.75) is 25.2 Å². The van der Waals surface area contributed by atoms with Crippen molar-refractivity contribution in [1.82, 2.24) is 10.2 Å². The lowest BCUT2D eigenvalue weighted by Crippen LogP contribution is -2.25. The summed E-state index contributed by atoms with van der Waals surface area (Å²) >= 11 is 3.38. The average molecular weight is 313 g/mol. The lowest BCUT2D eigenvalue weighted by Gasteiger charge is -2.21. The second kappa shape index (κ2) is 4.16. The number of nitrogens with zero attached hydrogens (tertiary/aromatic N) is 1. The molecule has 94 valence electrons. The number of hydrogen-bond donors (Lipinski definition) is 1. The molecule has 2 nitrogen and oxygen atoms in total. The van der Waals surface area contributed by atoms with Crippen molar-refractivity contribution in [1.29, 1.82) is 0 Å². The van der Waals surface area contributed by atoms with E-state index in [0.29, 0.717) is 17.7 Å². The van der Waals surface area contributed by atoms with E-state index in [1.165, 1.54) is 0 Å². The van der Waals surface area contributed by atoms with E-state index >= 15 is 0 Å². The Morgan fingerprint density at radius 3 is 2.94 bits per heavy atom. The van der Waals surface area contributed by atoms with Crippen LogP contribution in [0.2, 0.25) is 0 Å². The maximum absolute atomic E-state index is 13.5. The Balaban J connectivity index is 2.07. The fourth-order valence-electron chi connectivity index (χ4n) is 2.33. The molecule has 1 heterocycles. The summed E-state index contributed by atoms with van der Waals surface area (Å²) in [7, 11) is 0. The Morgan fingerprint density at radius 1 is 1.33 bits per heavy atom. The third-order valence-electron chi connectivity index (χ3n) is 3.23. The Hall–Kier alpha value is -1.23. The van der Waals surface area contributed by atoms with Crippen LogP contribution in [0.15, 0.2) is 28.7 Å². The van der Waals surface area contributed by atoms with E-state index in [2.05, 4.69) is 26.1 Å². The van der Waals surface area contributed by atoms with Gasteiger partial charge in [-0.3, -0.25) is 5.10 Å². The molecule has 0 bridgehead atoms. The molecule has 0 amide bonds. The standard InChI is InChI=1S/C13H11BrF2N2/c14-9-3-1-2-8(6-9)12-10-7-13(15,16)5-4-11(10)17-18-12/h1-3,6H,4-5,7H2,(H,17,18). The van der Waals surface area contributed by atoms with Gasteiger partial charge >= 0.3 is 0 Å². The molecule has 0 spiro atoms. The average Bonchev–Trinajstić information content (AvgIpc) is 2.70. The number of nitrogens with one attached hydrogen (secondary N) is 1. The molecule has 0 atom stereocenters. The van der Waals surface area contributed by atoms with Crippen molar-refractivity contribution < 1.29 is 8.78 Å². The predicted octanol–water partition coefficient (Wildman–Crippen LogP) is 3.96. The van der Waals surface area contributed by atoms with E-state index in [1.54, 1.807) is 0 Å². The normalized spacial score (nSPS) is 17.5. The highest BCUT2D eigenvalue weighted by molar-refractivity contribution is 9.10. The molecule has 3 rings (SSSR count). The van der Waals surface area contributed by atoms with Gasteiger partial charge in [0.1, 0.15) is 0 Å². The molecule has 18 heavy (non-hydrogen) atoms. The molecule has 0 saturated heterocycles. The van der Waals surface area contributed by atoms with Crippen molar-refractivity contribution in [3.8, 4) is 11.3 Å². The second-order valence-corrected chi connectivity index (χ2v) is 5.49. The van der Waals surface area contributed by atoms with Crippen LogP contribution in [-0.4, -0.2) is 16.1 Å². The smallest absolute Gasteiger partial charge is 0.252 e. The van der Waals surface area contributed by atoms with E-state index in [9.17, 15) is 8.78 Å². The molecule has 0 unspecified atom stereocenters. The number of aryl methyl sites for hydroxylation is 1. The molecule has 0 fully saturated rings. The summed E-state index contributed by atoms with van der Waals surface area (Å²) in [6.07, 6.45) is 0.0458. The number of rotatable bonds is 1. The zero-order valence-electron chi connectivity index (χ0n) is 9.51. The van der Waals surface area contributed by atoms with Gasteiger partial charge in [-0.1, -0.05) is 28.1 Å². The minimum atomic E-state index is -2.61. The van der Waals surface area contributed by atoms with E-state index < -0.39 is 5.92 Å². The van der Waals surface area contributed by atoms with E-state index in [4.69, 9.17) is 0 Å². The number of alkyl halides is 2. The van der Waals surface area contributed by atoms with E-state index in [0.717, 1.165) is 15.7 Å². The first-order valence-corrected chi connectivity index (χ1v) is 6.54.